The van der Waals surface area contributed by atoms with Gasteiger partial charge in [0.1, 0.15) is 11.9 Å². The van der Waals surface area contributed by atoms with Crippen molar-refractivity contribution in [2.24, 2.45) is 5.73 Å². The lowest BCUT2D eigenvalue weighted by Crippen LogP contribution is -2.48. The van der Waals surface area contributed by atoms with Gasteiger partial charge in [0.15, 0.2) is 0 Å². The van der Waals surface area contributed by atoms with Crippen LogP contribution in [0.15, 0.2) is 24.3 Å². The van der Waals surface area contributed by atoms with Crippen LogP contribution in [0, 0.1) is 0 Å². The number of carbonyl (C=O) groups is 1. The first-order valence-corrected chi connectivity index (χ1v) is 6.52. The van der Waals surface area contributed by atoms with Gasteiger partial charge < -0.3 is 15.7 Å². The summed E-state index contributed by atoms with van der Waals surface area (Å²) in [5.41, 5.74) is 6.81. The number of phenols is 1. The van der Waals surface area contributed by atoms with E-state index in [0.717, 1.165) is 5.56 Å². The molecule has 1 aliphatic rings. The molecule has 1 fully saturated rings. The fourth-order valence-electron chi connectivity index (χ4n) is 2.28. The Kier molecular flexibility index (Phi) is 6.23. The predicted octanol–water partition coefficient (Wildman–Crippen LogP) is 1.64. The van der Waals surface area contributed by atoms with Gasteiger partial charge in [0.2, 0.25) is 5.91 Å². The van der Waals surface area contributed by atoms with Crippen molar-refractivity contribution in [3.63, 3.8) is 0 Å². The van der Waals surface area contributed by atoms with E-state index < -0.39 is 12.2 Å². The van der Waals surface area contributed by atoms with Gasteiger partial charge in [-0.25, -0.2) is 4.39 Å². The van der Waals surface area contributed by atoms with E-state index in [2.05, 4.69) is 0 Å². The van der Waals surface area contributed by atoms with E-state index in [1.807, 2.05) is 0 Å². The molecular formula is C14H20ClFN2O2. The molecule has 4 nitrogen and oxygen atoms in total. The van der Waals surface area contributed by atoms with Crippen molar-refractivity contribution >= 4 is 18.3 Å². The molecule has 0 unspecified atom stereocenters. The van der Waals surface area contributed by atoms with E-state index in [1.165, 1.54) is 0 Å². The number of rotatable bonds is 3. The molecule has 0 bridgehead atoms. The summed E-state index contributed by atoms with van der Waals surface area (Å²) in [5.74, 6) is 0.0636. The molecule has 0 saturated carbocycles. The van der Waals surface area contributed by atoms with Crippen LogP contribution in [0.3, 0.4) is 0 Å². The van der Waals surface area contributed by atoms with Crippen molar-refractivity contribution in [1.29, 1.82) is 0 Å². The maximum atomic E-state index is 13.0. The van der Waals surface area contributed by atoms with Crippen molar-refractivity contribution in [3.8, 4) is 5.75 Å². The Morgan fingerprint density at radius 3 is 2.45 bits per heavy atom. The largest absolute Gasteiger partial charge is 0.508 e. The zero-order valence-corrected chi connectivity index (χ0v) is 12.0. The number of amides is 1. The number of benzene rings is 1. The normalized spacial score (nSPS) is 17.4. The monoisotopic (exact) mass is 302 g/mol. The third-order valence-corrected chi connectivity index (χ3v) is 3.45. The average molecular weight is 303 g/mol. The van der Waals surface area contributed by atoms with Crippen molar-refractivity contribution in [2.75, 3.05) is 13.1 Å². The van der Waals surface area contributed by atoms with E-state index in [4.69, 9.17) is 5.73 Å². The summed E-state index contributed by atoms with van der Waals surface area (Å²) in [4.78, 5) is 13.7. The lowest BCUT2D eigenvalue weighted by atomic mass is 10.0. The summed E-state index contributed by atoms with van der Waals surface area (Å²) in [6.45, 7) is 0.895. The minimum Gasteiger partial charge on any atom is -0.508 e. The maximum absolute atomic E-state index is 13.0. The highest BCUT2D eigenvalue weighted by Crippen LogP contribution is 2.15. The summed E-state index contributed by atoms with van der Waals surface area (Å²) < 4.78 is 13.0. The molecule has 1 heterocycles. The van der Waals surface area contributed by atoms with Crippen LogP contribution in [0.4, 0.5) is 4.39 Å². The number of phenolic OH excluding ortho intramolecular Hbond substituents is 1. The SMILES string of the molecule is Cl.N[C@H](Cc1ccc(O)cc1)C(=O)N1CCC(F)CC1. The molecule has 0 aliphatic carbocycles. The van der Waals surface area contributed by atoms with Crippen LogP contribution in [0.2, 0.25) is 0 Å². The summed E-state index contributed by atoms with van der Waals surface area (Å²) in [6, 6.07) is 6.02. The van der Waals surface area contributed by atoms with E-state index in [1.54, 1.807) is 29.2 Å². The van der Waals surface area contributed by atoms with E-state index in [9.17, 15) is 14.3 Å². The first-order valence-electron chi connectivity index (χ1n) is 6.52. The average Bonchev–Trinajstić information content (AvgIpc) is 2.41. The van der Waals surface area contributed by atoms with Crippen molar-refractivity contribution in [1.82, 2.24) is 4.90 Å². The number of hydrogen-bond donors (Lipinski definition) is 2. The Bertz CT molecular complexity index is 433. The van der Waals surface area contributed by atoms with Gasteiger partial charge >= 0.3 is 0 Å². The highest BCUT2D eigenvalue weighted by atomic mass is 35.5. The van der Waals surface area contributed by atoms with Crippen LogP contribution < -0.4 is 5.73 Å². The molecule has 112 valence electrons. The van der Waals surface area contributed by atoms with Crippen LogP contribution >= 0.6 is 12.4 Å². The molecule has 0 aromatic heterocycles. The van der Waals surface area contributed by atoms with Crippen molar-refractivity contribution in [2.45, 2.75) is 31.5 Å². The Balaban J connectivity index is 0.00000200. The molecule has 1 amide bonds. The van der Waals surface area contributed by atoms with Gasteiger partial charge in [0.25, 0.3) is 0 Å². The lowest BCUT2D eigenvalue weighted by molar-refractivity contribution is -0.134. The first kappa shape index (κ1) is 16.7. The molecule has 6 heteroatoms. The molecule has 1 aliphatic heterocycles. The smallest absolute Gasteiger partial charge is 0.239 e. The predicted molar refractivity (Wildman–Crippen MR) is 77.7 cm³/mol. The molecule has 0 radical (unpaired) electrons. The van der Waals surface area contributed by atoms with Gasteiger partial charge in [0.05, 0.1) is 6.04 Å². The fraction of sp³-hybridized carbons (Fsp3) is 0.500. The summed E-state index contributed by atoms with van der Waals surface area (Å²) in [6.07, 6.45) is 0.432. The minimum absolute atomic E-state index is 0. The highest BCUT2D eigenvalue weighted by molar-refractivity contribution is 5.85. The zero-order valence-electron chi connectivity index (χ0n) is 11.2. The molecule has 1 saturated heterocycles. The number of nitrogens with zero attached hydrogens (tertiary/aromatic N) is 1. The van der Waals surface area contributed by atoms with Gasteiger partial charge in [0, 0.05) is 13.1 Å². The number of aromatic hydroxyl groups is 1. The van der Waals surface area contributed by atoms with E-state index >= 15 is 0 Å². The number of alkyl halides is 1. The summed E-state index contributed by atoms with van der Waals surface area (Å²) in [5, 5.41) is 9.19. The van der Waals surface area contributed by atoms with E-state index in [0.29, 0.717) is 32.4 Å². The van der Waals surface area contributed by atoms with E-state index in [-0.39, 0.29) is 24.1 Å². The molecule has 20 heavy (non-hydrogen) atoms. The van der Waals surface area contributed by atoms with Crippen LogP contribution in [0.25, 0.3) is 0 Å². The molecule has 1 aromatic carbocycles. The van der Waals surface area contributed by atoms with Gasteiger partial charge in [-0.05, 0) is 37.0 Å². The number of halogens is 2. The number of hydrogen-bond acceptors (Lipinski definition) is 3. The first-order chi connectivity index (χ1) is 9.06. The second-order valence-corrected chi connectivity index (χ2v) is 4.98. The standard InChI is InChI=1S/C14H19FN2O2.ClH/c15-11-5-7-17(8-6-11)14(19)13(16)9-10-1-3-12(18)4-2-10;/h1-4,11,13,18H,5-9,16H2;1H/t13-;/m1./s1. The second-order valence-electron chi connectivity index (χ2n) is 4.98. The topological polar surface area (TPSA) is 66.6 Å². The third kappa shape index (κ3) is 4.35. The molecule has 0 spiro atoms. The number of carbonyl (C=O) groups excluding carboxylic acids is 1. The van der Waals surface area contributed by atoms with Gasteiger partial charge in [-0.1, -0.05) is 12.1 Å². The van der Waals surface area contributed by atoms with Gasteiger partial charge in [-0.3, -0.25) is 4.79 Å². The van der Waals surface area contributed by atoms with Crippen LogP contribution in [0.1, 0.15) is 18.4 Å². The Labute approximate surface area is 124 Å². The molecule has 3 N–H and O–H groups in total. The van der Waals surface area contributed by atoms with Crippen molar-refractivity contribution < 1.29 is 14.3 Å². The highest BCUT2D eigenvalue weighted by Gasteiger charge is 2.26. The quantitative estimate of drug-likeness (QED) is 0.892. The number of likely N-dealkylation sites (tertiary alicyclic amines) is 1. The van der Waals surface area contributed by atoms with Crippen molar-refractivity contribution in [3.05, 3.63) is 29.8 Å². The Morgan fingerprint density at radius 2 is 1.90 bits per heavy atom. The third-order valence-electron chi connectivity index (χ3n) is 3.45. The summed E-state index contributed by atoms with van der Waals surface area (Å²) in [7, 11) is 0. The molecular weight excluding hydrogens is 283 g/mol. The number of nitrogens with two attached hydrogens (primary N) is 1. The lowest BCUT2D eigenvalue weighted by Gasteiger charge is -2.30. The summed E-state index contributed by atoms with van der Waals surface area (Å²) >= 11 is 0. The number of piperidine rings is 1. The molecule has 2 rings (SSSR count). The van der Waals surface area contributed by atoms with Gasteiger partial charge in [-0.15, -0.1) is 12.4 Å². The van der Waals surface area contributed by atoms with Gasteiger partial charge in [-0.2, -0.15) is 0 Å². The zero-order chi connectivity index (χ0) is 13.8. The Morgan fingerprint density at radius 1 is 1.35 bits per heavy atom. The fourth-order valence-corrected chi connectivity index (χ4v) is 2.28. The maximum Gasteiger partial charge on any atom is 0.239 e. The minimum atomic E-state index is -0.794. The van der Waals surface area contributed by atoms with Crippen LogP contribution in [-0.2, 0) is 11.2 Å². The second kappa shape index (κ2) is 7.45. The van der Waals surface area contributed by atoms with Crippen LogP contribution in [-0.4, -0.2) is 41.2 Å². The molecule has 1 aromatic rings. The van der Waals surface area contributed by atoms with Crippen LogP contribution in [0.5, 0.6) is 5.75 Å². The molecule has 1 atom stereocenters. The Hall–Kier alpha value is -1.33.